The van der Waals surface area contributed by atoms with Crippen LogP contribution < -0.4 is 10.5 Å². The molecule has 2 nitrogen and oxygen atoms in total. The predicted molar refractivity (Wildman–Crippen MR) is 80.8 cm³/mol. The van der Waals surface area contributed by atoms with Gasteiger partial charge in [0.15, 0.2) is 0 Å². The zero-order valence-electron chi connectivity index (χ0n) is 11.9. The number of hydrogen-bond donors (Lipinski definition) is 1. The minimum atomic E-state index is 0.253. The molecule has 1 saturated carbocycles. The lowest BCUT2D eigenvalue weighted by Gasteiger charge is -2.35. The van der Waals surface area contributed by atoms with E-state index in [4.69, 9.17) is 22.1 Å². The lowest BCUT2D eigenvalue weighted by atomic mass is 9.78. The van der Waals surface area contributed by atoms with Crippen molar-refractivity contribution in [2.45, 2.75) is 45.6 Å². The van der Waals surface area contributed by atoms with E-state index in [-0.39, 0.29) is 6.10 Å². The first-order valence-corrected chi connectivity index (χ1v) is 7.64. The van der Waals surface area contributed by atoms with E-state index in [0.29, 0.717) is 12.5 Å². The van der Waals surface area contributed by atoms with Crippen LogP contribution in [0.4, 0.5) is 0 Å². The SMILES string of the molecule is CCC1CCC(CN)C(Oc2ccc(Cl)cc2C)C1. The summed E-state index contributed by atoms with van der Waals surface area (Å²) >= 11 is 5.99. The smallest absolute Gasteiger partial charge is 0.122 e. The van der Waals surface area contributed by atoms with E-state index in [9.17, 15) is 0 Å². The molecule has 0 heterocycles. The lowest BCUT2D eigenvalue weighted by Crippen LogP contribution is -2.38. The molecule has 2 rings (SSSR count). The van der Waals surface area contributed by atoms with Gasteiger partial charge in [0, 0.05) is 10.9 Å². The Hall–Kier alpha value is -0.730. The second-order valence-corrected chi connectivity index (χ2v) is 6.09. The van der Waals surface area contributed by atoms with Gasteiger partial charge >= 0.3 is 0 Å². The van der Waals surface area contributed by atoms with Gasteiger partial charge in [-0.25, -0.2) is 0 Å². The van der Waals surface area contributed by atoms with Crippen LogP contribution in [-0.4, -0.2) is 12.6 Å². The Morgan fingerprint density at radius 2 is 2.16 bits per heavy atom. The van der Waals surface area contributed by atoms with Crippen LogP contribution >= 0.6 is 11.6 Å². The molecule has 19 heavy (non-hydrogen) atoms. The van der Waals surface area contributed by atoms with Crippen molar-refractivity contribution in [3.05, 3.63) is 28.8 Å². The average molecular weight is 282 g/mol. The van der Waals surface area contributed by atoms with Gasteiger partial charge in [0.1, 0.15) is 11.9 Å². The van der Waals surface area contributed by atoms with Gasteiger partial charge in [-0.15, -0.1) is 0 Å². The monoisotopic (exact) mass is 281 g/mol. The van der Waals surface area contributed by atoms with Crippen LogP contribution in [-0.2, 0) is 0 Å². The summed E-state index contributed by atoms with van der Waals surface area (Å²) in [4.78, 5) is 0. The quantitative estimate of drug-likeness (QED) is 0.898. The summed E-state index contributed by atoms with van der Waals surface area (Å²) in [5, 5.41) is 0.760. The highest BCUT2D eigenvalue weighted by molar-refractivity contribution is 6.30. The van der Waals surface area contributed by atoms with Crippen molar-refractivity contribution in [1.82, 2.24) is 0 Å². The molecule has 2 N–H and O–H groups in total. The van der Waals surface area contributed by atoms with E-state index in [1.165, 1.54) is 19.3 Å². The molecular weight excluding hydrogens is 258 g/mol. The van der Waals surface area contributed by atoms with E-state index < -0.39 is 0 Å². The summed E-state index contributed by atoms with van der Waals surface area (Å²) in [7, 11) is 0. The van der Waals surface area contributed by atoms with Crippen molar-refractivity contribution in [2.75, 3.05) is 6.54 Å². The molecule has 0 aliphatic heterocycles. The number of aryl methyl sites for hydroxylation is 1. The van der Waals surface area contributed by atoms with Crippen molar-refractivity contribution >= 4 is 11.6 Å². The molecule has 0 aromatic heterocycles. The van der Waals surface area contributed by atoms with Crippen LogP contribution in [0.2, 0.25) is 5.02 Å². The molecule has 0 spiro atoms. The fourth-order valence-corrected chi connectivity index (χ4v) is 3.19. The molecule has 0 radical (unpaired) electrons. The molecule has 1 aliphatic rings. The summed E-state index contributed by atoms with van der Waals surface area (Å²) in [6.45, 7) is 5.02. The second-order valence-electron chi connectivity index (χ2n) is 5.65. The topological polar surface area (TPSA) is 35.2 Å². The standard InChI is InChI=1S/C16H24ClNO/c1-3-12-4-5-13(10-18)16(9-12)19-15-7-6-14(17)8-11(15)2/h6-8,12-13,16H,3-5,9-10,18H2,1-2H3. The van der Waals surface area contributed by atoms with Crippen molar-refractivity contribution < 1.29 is 4.74 Å². The van der Waals surface area contributed by atoms with E-state index in [2.05, 4.69) is 6.92 Å². The Morgan fingerprint density at radius 1 is 1.37 bits per heavy atom. The van der Waals surface area contributed by atoms with Gasteiger partial charge < -0.3 is 10.5 Å². The first-order chi connectivity index (χ1) is 9.13. The Bertz CT molecular complexity index is 421. The molecule has 3 unspecified atom stereocenters. The van der Waals surface area contributed by atoms with E-state index in [0.717, 1.165) is 28.7 Å². The van der Waals surface area contributed by atoms with Crippen molar-refractivity contribution in [2.24, 2.45) is 17.6 Å². The summed E-state index contributed by atoms with van der Waals surface area (Å²) in [5.41, 5.74) is 6.99. The molecule has 3 atom stereocenters. The Kier molecular flexibility index (Phi) is 5.12. The molecular formula is C16H24ClNO. The van der Waals surface area contributed by atoms with Gasteiger partial charge in [-0.3, -0.25) is 0 Å². The van der Waals surface area contributed by atoms with Crippen molar-refractivity contribution in [3.63, 3.8) is 0 Å². The molecule has 1 aromatic carbocycles. The van der Waals surface area contributed by atoms with Crippen LogP contribution in [0.1, 0.15) is 38.2 Å². The summed E-state index contributed by atoms with van der Waals surface area (Å²) in [5.74, 6) is 2.21. The Balaban J connectivity index is 2.09. The van der Waals surface area contributed by atoms with E-state index in [1.54, 1.807) is 0 Å². The summed E-state index contributed by atoms with van der Waals surface area (Å²) in [6, 6.07) is 5.82. The number of benzene rings is 1. The highest BCUT2D eigenvalue weighted by Crippen LogP contribution is 2.34. The third-order valence-corrected chi connectivity index (χ3v) is 4.57. The van der Waals surface area contributed by atoms with Crippen molar-refractivity contribution in [1.29, 1.82) is 0 Å². The molecule has 1 fully saturated rings. The zero-order chi connectivity index (χ0) is 13.8. The molecule has 0 bridgehead atoms. The van der Waals surface area contributed by atoms with Gasteiger partial charge in [0.05, 0.1) is 0 Å². The highest BCUT2D eigenvalue weighted by Gasteiger charge is 2.30. The van der Waals surface area contributed by atoms with Gasteiger partial charge in [0.2, 0.25) is 0 Å². The predicted octanol–water partition coefficient (Wildman–Crippen LogP) is 4.18. The number of nitrogens with two attached hydrogens (primary N) is 1. The number of halogens is 1. The maximum absolute atomic E-state index is 6.24. The third kappa shape index (κ3) is 3.64. The molecule has 0 saturated heterocycles. The fraction of sp³-hybridized carbons (Fsp3) is 0.625. The first-order valence-electron chi connectivity index (χ1n) is 7.27. The normalized spacial score (nSPS) is 27.3. The van der Waals surface area contributed by atoms with Gasteiger partial charge in [-0.2, -0.15) is 0 Å². The highest BCUT2D eigenvalue weighted by atomic mass is 35.5. The summed E-state index contributed by atoms with van der Waals surface area (Å²) < 4.78 is 6.24. The Labute approximate surface area is 121 Å². The Morgan fingerprint density at radius 3 is 2.79 bits per heavy atom. The maximum Gasteiger partial charge on any atom is 0.122 e. The number of rotatable bonds is 4. The molecule has 1 aliphatic carbocycles. The third-order valence-electron chi connectivity index (χ3n) is 4.33. The molecule has 1 aromatic rings. The van der Waals surface area contributed by atoms with Crippen LogP contribution in [0.25, 0.3) is 0 Å². The van der Waals surface area contributed by atoms with Crippen LogP contribution in [0.3, 0.4) is 0 Å². The van der Waals surface area contributed by atoms with Crippen LogP contribution in [0.15, 0.2) is 18.2 Å². The van der Waals surface area contributed by atoms with Gasteiger partial charge in [-0.1, -0.05) is 24.9 Å². The lowest BCUT2D eigenvalue weighted by molar-refractivity contribution is 0.0678. The fourth-order valence-electron chi connectivity index (χ4n) is 2.97. The number of hydrogen-bond acceptors (Lipinski definition) is 2. The van der Waals surface area contributed by atoms with Crippen LogP contribution in [0, 0.1) is 18.8 Å². The second kappa shape index (κ2) is 6.62. The largest absolute Gasteiger partial charge is 0.490 e. The maximum atomic E-state index is 6.24. The molecule has 0 amide bonds. The van der Waals surface area contributed by atoms with Gasteiger partial charge in [0.25, 0.3) is 0 Å². The van der Waals surface area contributed by atoms with Crippen LogP contribution in [0.5, 0.6) is 5.75 Å². The van der Waals surface area contributed by atoms with Gasteiger partial charge in [-0.05, 0) is 62.4 Å². The molecule has 106 valence electrons. The zero-order valence-corrected chi connectivity index (χ0v) is 12.6. The minimum Gasteiger partial charge on any atom is -0.490 e. The number of ether oxygens (including phenoxy) is 1. The van der Waals surface area contributed by atoms with Crippen molar-refractivity contribution in [3.8, 4) is 5.75 Å². The van der Waals surface area contributed by atoms with E-state index >= 15 is 0 Å². The average Bonchev–Trinajstić information content (AvgIpc) is 2.41. The first kappa shape index (κ1) is 14.7. The molecule has 3 heteroatoms. The summed E-state index contributed by atoms with van der Waals surface area (Å²) in [6.07, 6.45) is 5.09. The minimum absolute atomic E-state index is 0.253. The van der Waals surface area contributed by atoms with E-state index in [1.807, 2.05) is 25.1 Å².